The number of carbonyl (C=O) groups is 1. The quantitative estimate of drug-likeness (QED) is 0.802. The molecule has 2 nitrogen and oxygen atoms in total. The second-order valence-corrected chi connectivity index (χ2v) is 3.87. The first-order chi connectivity index (χ1) is 7.17. The average Bonchev–Trinajstić information content (AvgIpc) is 2.19. The highest BCUT2D eigenvalue weighted by molar-refractivity contribution is 5.92. The second kappa shape index (κ2) is 5.54. The Balaban J connectivity index is 2.65. The molecule has 0 saturated carbocycles. The molecule has 0 radical (unpaired) electrons. The molecule has 15 heavy (non-hydrogen) atoms. The topological polar surface area (TPSA) is 29.1 Å². The SMILES string of the molecule is CCC(CC)C(=O)Nc1cccc(C)c1. The summed E-state index contributed by atoms with van der Waals surface area (Å²) < 4.78 is 0. The Kier molecular flexibility index (Phi) is 4.35. The van der Waals surface area contributed by atoms with E-state index >= 15 is 0 Å². The van der Waals surface area contributed by atoms with E-state index in [1.807, 2.05) is 45.0 Å². The zero-order valence-corrected chi connectivity index (χ0v) is 9.71. The minimum Gasteiger partial charge on any atom is -0.326 e. The van der Waals surface area contributed by atoms with Gasteiger partial charge in [0.05, 0.1) is 0 Å². The molecule has 0 atom stereocenters. The number of hydrogen-bond donors (Lipinski definition) is 1. The van der Waals surface area contributed by atoms with Gasteiger partial charge in [0, 0.05) is 11.6 Å². The number of carbonyl (C=O) groups excluding carboxylic acids is 1. The van der Waals surface area contributed by atoms with Crippen LogP contribution in [-0.4, -0.2) is 5.91 Å². The van der Waals surface area contributed by atoms with Crippen molar-refractivity contribution < 1.29 is 4.79 Å². The van der Waals surface area contributed by atoms with Gasteiger partial charge in [-0.1, -0.05) is 26.0 Å². The minimum atomic E-state index is 0.130. The summed E-state index contributed by atoms with van der Waals surface area (Å²) in [5, 5.41) is 2.95. The summed E-state index contributed by atoms with van der Waals surface area (Å²) in [4.78, 5) is 11.8. The summed E-state index contributed by atoms with van der Waals surface area (Å²) >= 11 is 0. The Morgan fingerprint density at radius 3 is 2.53 bits per heavy atom. The molecule has 1 rings (SSSR count). The van der Waals surface area contributed by atoms with Gasteiger partial charge in [0.2, 0.25) is 5.91 Å². The van der Waals surface area contributed by atoms with Gasteiger partial charge in [0.15, 0.2) is 0 Å². The first-order valence-corrected chi connectivity index (χ1v) is 5.54. The predicted octanol–water partition coefficient (Wildman–Crippen LogP) is 3.37. The molecule has 1 aromatic rings. The van der Waals surface area contributed by atoms with E-state index in [0.29, 0.717) is 0 Å². The van der Waals surface area contributed by atoms with E-state index in [0.717, 1.165) is 24.1 Å². The summed E-state index contributed by atoms with van der Waals surface area (Å²) in [5.41, 5.74) is 2.06. The van der Waals surface area contributed by atoms with Gasteiger partial charge in [0.25, 0.3) is 0 Å². The fraction of sp³-hybridized carbons (Fsp3) is 0.462. The lowest BCUT2D eigenvalue weighted by atomic mass is 10.0. The fourth-order valence-electron chi connectivity index (χ4n) is 1.63. The first-order valence-electron chi connectivity index (χ1n) is 5.54. The summed E-state index contributed by atoms with van der Waals surface area (Å²) in [7, 11) is 0. The monoisotopic (exact) mass is 205 g/mol. The Bertz CT molecular complexity index is 329. The molecule has 0 aliphatic heterocycles. The van der Waals surface area contributed by atoms with Crippen molar-refractivity contribution in [3.8, 4) is 0 Å². The number of anilines is 1. The maximum atomic E-state index is 11.8. The molecule has 0 bridgehead atoms. The molecule has 0 unspecified atom stereocenters. The lowest BCUT2D eigenvalue weighted by Crippen LogP contribution is -2.21. The van der Waals surface area contributed by atoms with Crippen molar-refractivity contribution >= 4 is 11.6 Å². The molecule has 1 amide bonds. The lowest BCUT2D eigenvalue weighted by Gasteiger charge is -2.12. The second-order valence-electron chi connectivity index (χ2n) is 3.87. The highest BCUT2D eigenvalue weighted by Gasteiger charge is 2.13. The summed E-state index contributed by atoms with van der Waals surface area (Å²) in [6.45, 7) is 6.11. The average molecular weight is 205 g/mol. The molecule has 0 fully saturated rings. The Morgan fingerprint density at radius 1 is 1.33 bits per heavy atom. The molecule has 2 heteroatoms. The summed E-state index contributed by atoms with van der Waals surface area (Å²) in [6, 6.07) is 7.89. The highest BCUT2D eigenvalue weighted by atomic mass is 16.1. The Morgan fingerprint density at radius 2 is 2.00 bits per heavy atom. The van der Waals surface area contributed by atoms with Crippen LogP contribution in [0.25, 0.3) is 0 Å². The van der Waals surface area contributed by atoms with Crippen molar-refractivity contribution in [2.24, 2.45) is 5.92 Å². The molecular formula is C13H19NO. The largest absolute Gasteiger partial charge is 0.326 e. The van der Waals surface area contributed by atoms with Crippen LogP contribution in [0, 0.1) is 12.8 Å². The predicted molar refractivity (Wildman–Crippen MR) is 63.9 cm³/mol. The number of amides is 1. The lowest BCUT2D eigenvalue weighted by molar-refractivity contribution is -0.120. The van der Waals surface area contributed by atoms with Gasteiger partial charge in [-0.15, -0.1) is 0 Å². The number of rotatable bonds is 4. The van der Waals surface area contributed by atoms with Gasteiger partial charge in [-0.2, -0.15) is 0 Å². The molecular weight excluding hydrogens is 186 g/mol. The number of nitrogens with one attached hydrogen (secondary N) is 1. The third-order valence-corrected chi connectivity index (χ3v) is 2.64. The molecule has 0 heterocycles. The third kappa shape index (κ3) is 3.39. The molecule has 0 spiro atoms. The zero-order chi connectivity index (χ0) is 11.3. The molecule has 1 aromatic carbocycles. The van der Waals surface area contributed by atoms with Crippen molar-refractivity contribution in [2.45, 2.75) is 33.6 Å². The van der Waals surface area contributed by atoms with Crippen LogP contribution in [0.4, 0.5) is 5.69 Å². The molecule has 1 N–H and O–H groups in total. The van der Waals surface area contributed by atoms with E-state index in [1.54, 1.807) is 0 Å². The van der Waals surface area contributed by atoms with Crippen LogP contribution in [0.5, 0.6) is 0 Å². The first kappa shape index (κ1) is 11.8. The van der Waals surface area contributed by atoms with E-state index in [1.165, 1.54) is 0 Å². The molecule has 0 aliphatic carbocycles. The standard InChI is InChI=1S/C13H19NO/c1-4-11(5-2)13(15)14-12-8-6-7-10(3)9-12/h6-9,11H,4-5H2,1-3H3,(H,14,15). The van der Waals surface area contributed by atoms with Crippen molar-refractivity contribution in [2.75, 3.05) is 5.32 Å². The number of hydrogen-bond acceptors (Lipinski definition) is 1. The normalized spacial score (nSPS) is 10.4. The maximum absolute atomic E-state index is 11.8. The van der Waals surface area contributed by atoms with Gasteiger partial charge < -0.3 is 5.32 Å². The van der Waals surface area contributed by atoms with E-state index in [9.17, 15) is 4.79 Å². The van der Waals surface area contributed by atoms with Crippen molar-refractivity contribution in [3.63, 3.8) is 0 Å². The molecule has 0 aromatic heterocycles. The molecule has 0 saturated heterocycles. The van der Waals surface area contributed by atoms with Crippen LogP contribution >= 0.6 is 0 Å². The molecule has 82 valence electrons. The minimum absolute atomic E-state index is 0.130. The Labute approximate surface area is 91.7 Å². The van der Waals surface area contributed by atoms with E-state index < -0.39 is 0 Å². The van der Waals surface area contributed by atoms with E-state index in [4.69, 9.17) is 0 Å². The fourth-order valence-corrected chi connectivity index (χ4v) is 1.63. The van der Waals surface area contributed by atoms with Gasteiger partial charge in [-0.25, -0.2) is 0 Å². The van der Waals surface area contributed by atoms with E-state index in [2.05, 4.69) is 5.32 Å². The third-order valence-electron chi connectivity index (χ3n) is 2.64. The van der Waals surface area contributed by atoms with Gasteiger partial charge in [-0.05, 0) is 37.5 Å². The highest BCUT2D eigenvalue weighted by Crippen LogP contribution is 2.14. The zero-order valence-electron chi connectivity index (χ0n) is 9.71. The van der Waals surface area contributed by atoms with Crippen molar-refractivity contribution in [1.82, 2.24) is 0 Å². The number of aryl methyl sites for hydroxylation is 1. The smallest absolute Gasteiger partial charge is 0.227 e. The summed E-state index contributed by atoms with van der Waals surface area (Å²) in [5.74, 6) is 0.260. The van der Waals surface area contributed by atoms with Crippen LogP contribution in [-0.2, 0) is 4.79 Å². The van der Waals surface area contributed by atoms with Crippen LogP contribution in [0.2, 0.25) is 0 Å². The summed E-state index contributed by atoms with van der Waals surface area (Å²) in [6.07, 6.45) is 1.79. The van der Waals surface area contributed by atoms with Crippen LogP contribution in [0.15, 0.2) is 24.3 Å². The van der Waals surface area contributed by atoms with Crippen molar-refractivity contribution in [3.05, 3.63) is 29.8 Å². The van der Waals surface area contributed by atoms with Gasteiger partial charge >= 0.3 is 0 Å². The van der Waals surface area contributed by atoms with Crippen LogP contribution < -0.4 is 5.32 Å². The van der Waals surface area contributed by atoms with E-state index in [-0.39, 0.29) is 11.8 Å². The maximum Gasteiger partial charge on any atom is 0.227 e. The van der Waals surface area contributed by atoms with Crippen molar-refractivity contribution in [1.29, 1.82) is 0 Å². The van der Waals surface area contributed by atoms with Gasteiger partial charge in [0.1, 0.15) is 0 Å². The van der Waals surface area contributed by atoms with Crippen LogP contribution in [0.1, 0.15) is 32.3 Å². The molecule has 0 aliphatic rings. The van der Waals surface area contributed by atoms with Gasteiger partial charge in [-0.3, -0.25) is 4.79 Å². The Hall–Kier alpha value is -1.31. The number of benzene rings is 1. The van der Waals surface area contributed by atoms with Crippen LogP contribution in [0.3, 0.4) is 0 Å².